The van der Waals surface area contributed by atoms with Gasteiger partial charge in [-0.05, 0) is 123 Å². The van der Waals surface area contributed by atoms with Crippen molar-refractivity contribution in [3.8, 4) is 16.8 Å². The van der Waals surface area contributed by atoms with Crippen molar-refractivity contribution in [1.82, 2.24) is 4.57 Å². The molecule has 0 fully saturated rings. The van der Waals surface area contributed by atoms with E-state index in [1.54, 1.807) is 0 Å². The molecule has 0 N–H and O–H groups in total. The van der Waals surface area contributed by atoms with E-state index in [0.717, 1.165) is 17.1 Å². The highest BCUT2D eigenvalue weighted by Crippen LogP contribution is 2.62. The topological polar surface area (TPSA) is 8.17 Å². The average molecular weight is 837 g/mol. The normalized spacial score (nSPS) is 13.5. The second-order valence-corrected chi connectivity index (χ2v) is 19.0. The molecule has 1 aliphatic heterocycles. The van der Waals surface area contributed by atoms with Crippen molar-refractivity contribution in [1.29, 1.82) is 0 Å². The van der Waals surface area contributed by atoms with Crippen molar-refractivity contribution in [3.05, 3.63) is 241 Å². The molecule has 0 atom stereocenters. The van der Waals surface area contributed by atoms with Crippen molar-refractivity contribution in [2.75, 3.05) is 4.90 Å². The van der Waals surface area contributed by atoms with Gasteiger partial charge < -0.3 is 9.47 Å². The molecule has 294 valence electrons. The van der Waals surface area contributed by atoms with Gasteiger partial charge in [0.25, 0.3) is 0 Å². The molecule has 0 saturated heterocycles. The van der Waals surface area contributed by atoms with E-state index in [1.807, 2.05) is 23.1 Å². The van der Waals surface area contributed by atoms with Crippen LogP contribution in [0.3, 0.4) is 0 Å². The summed E-state index contributed by atoms with van der Waals surface area (Å²) in [5.74, 6) is 0. The van der Waals surface area contributed by atoms with E-state index in [0.29, 0.717) is 0 Å². The first kappa shape index (κ1) is 35.2. The molecular weight excluding hydrogens is 801 g/mol. The van der Waals surface area contributed by atoms with Crippen LogP contribution in [0.25, 0.3) is 69.6 Å². The number of benzene rings is 10. The average Bonchev–Trinajstić information content (AvgIpc) is 3.88. The second kappa shape index (κ2) is 13.3. The number of anilines is 3. The van der Waals surface area contributed by atoms with Crippen LogP contribution in [0.5, 0.6) is 0 Å². The minimum absolute atomic E-state index is 0.535. The van der Waals surface area contributed by atoms with Crippen molar-refractivity contribution in [3.63, 3.8) is 0 Å². The van der Waals surface area contributed by atoms with Gasteiger partial charge in [-0.3, -0.25) is 0 Å². The number of fused-ring (bicyclic) bond motifs is 14. The van der Waals surface area contributed by atoms with Gasteiger partial charge >= 0.3 is 0 Å². The van der Waals surface area contributed by atoms with Crippen molar-refractivity contribution >= 4 is 92.9 Å². The third-order valence-electron chi connectivity index (χ3n) is 13.6. The highest BCUT2D eigenvalue weighted by molar-refractivity contribution is 7.99. The third-order valence-corrected chi connectivity index (χ3v) is 15.9. The molecular formula is C59H36N2S2. The van der Waals surface area contributed by atoms with Crippen LogP contribution in [0, 0.1) is 0 Å². The lowest BCUT2D eigenvalue weighted by Gasteiger charge is -2.46. The molecule has 2 nitrogen and oxygen atoms in total. The Morgan fingerprint density at radius 3 is 1.87 bits per heavy atom. The largest absolute Gasteiger partial charge is 0.310 e. The van der Waals surface area contributed by atoms with Crippen molar-refractivity contribution in [2.24, 2.45) is 0 Å². The van der Waals surface area contributed by atoms with Crippen LogP contribution in [0.1, 0.15) is 22.3 Å². The molecule has 0 bridgehead atoms. The second-order valence-electron chi connectivity index (χ2n) is 16.8. The van der Waals surface area contributed by atoms with E-state index in [1.165, 1.54) is 102 Å². The molecule has 0 unspecified atom stereocenters. The zero-order valence-electron chi connectivity index (χ0n) is 34.0. The van der Waals surface area contributed by atoms with E-state index in [-0.39, 0.29) is 0 Å². The molecule has 63 heavy (non-hydrogen) atoms. The number of hydrogen-bond donors (Lipinski definition) is 0. The monoisotopic (exact) mass is 836 g/mol. The van der Waals surface area contributed by atoms with Crippen LogP contribution in [0.4, 0.5) is 17.1 Å². The first-order chi connectivity index (χ1) is 31.2. The van der Waals surface area contributed by atoms with Crippen LogP contribution < -0.4 is 4.90 Å². The summed E-state index contributed by atoms with van der Waals surface area (Å²) < 4.78 is 5.07. The Balaban J connectivity index is 1.02. The molecule has 0 saturated carbocycles. The third kappa shape index (κ3) is 4.91. The Kier molecular flexibility index (Phi) is 7.45. The molecule has 12 aromatic rings. The Morgan fingerprint density at radius 2 is 1.03 bits per heavy atom. The highest BCUT2D eigenvalue weighted by Gasteiger charge is 2.48. The highest BCUT2D eigenvalue weighted by atomic mass is 32.2. The maximum atomic E-state index is 2.51. The first-order valence-electron chi connectivity index (χ1n) is 21.6. The van der Waals surface area contributed by atoms with Crippen LogP contribution in [0.15, 0.2) is 228 Å². The van der Waals surface area contributed by atoms with Crippen molar-refractivity contribution in [2.45, 2.75) is 15.2 Å². The number of aromatic nitrogens is 1. The molecule has 1 spiro atoms. The maximum Gasteiger partial charge on any atom is 0.0736 e. The summed E-state index contributed by atoms with van der Waals surface area (Å²) in [7, 11) is 0. The van der Waals surface area contributed by atoms with E-state index in [9.17, 15) is 0 Å². The maximum absolute atomic E-state index is 2.51. The number of thiophene rings is 1. The Hall–Kier alpha value is -7.37. The van der Waals surface area contributed by atoms with Gasteiger partial charge in [0.15, 0.2) is 0 Å². The van der Waals surface area contributed by atoms with Crippen LogP contribution in [0.2, 0.25) is 0 Å². The molecule has 0 amide bonds. The zero-order chi connectivity index (χ0) is 41.2. The van der Waals surface area contributed by atoms with Gasteiger partial charge in [0.1, 0.15) is 0 Å². The van der Waals surface area contributed by atoms with E-state index in [2.05, 4.69) is 228 Å². The number of hydrogen-bond acceptors (Lipinski definition) is 3. The zero-order valence-corrected chi connectivity index (χ0v) is 35.6. The fraction of sp³-hybridized carbons (Fsp3) is 0.0169. The Morgan fingerprint density at radius 1 is 0.381 bits per heavy atom. The smallest absolute Gasteiger partial charge is 0.0736 e. The molecule has 0 radical (unpaired) electrons. The molecule has 1 aliphatic carbocycles. The molecule has 3 heterocycles. The summed E-state index contributed by atoms with van der Waals surface area (Å²) in [5.41, 5.74) is 14.3. The summed E-state index contributed by atoms with van der Waals surface area (Å²) in [5, 5.41) is 7.71. The van der Waals surface area contributed by atoms with Gasteiger partial charge in [0.2, 0.25) is 0 Å². The molecule has 2 aliphatic rings. The SMILES string of the molecule is c1ccc(N(c2ccc3c(c2)C2(c4ccccc4Sc4ccccc42)c2cccc4cccc-3c24)c2ccc3c(c2)c2ccccc2n3-c2ccc3c(c2)sc2ccccc23)cc1. The van der Waals surface area contributed by atoms with E-state index in [4.69, 9.17) is 0 Å². The fourth-order valence-corrected chi connectivity index (χ4v) is 13.4. The van der Waals surface area contributed by atoms with Crippen LogP contribution in [-0.2, 0) is 5.41 Å². The Bertz CT molecular complexity index is 3810. The van der Waals surface area contributed by atoms with E-state index >= 15 is 0 Å². The molecule has 4 heteroatoms. The molecule has 2 aromatic heterocycles. The quantitative estimate of drug-likeness (QED) is 0.174. The summed E-state index contributed by atoms with van der Waals surface area (Å²) in [4.78, 5) is 5.06. The standard InChI is InChI=1S/C59H36N2S2/c1-2-16-38(17-3-1)60(39-30-33-53-47(34-39)43-18-4-8-24-52(43)61(53)41-29-32-45-44-19-5-9-25-54(44)62-57(45)36-41)40-28-31-42-46-20-12-14-37-15-13-23-50(58(37)46)59(51(42)35-40)48-21-6-10-26-55(48)63-56-27-11-7-22-49(56)59/h1-36H. The van der Waals surface area contributed by atoms with Gasteiger partial charge in [-0.2, -0.15) is 0 Å². The van der Waals surface area contributed by atoms with E-state index < -0.39 is 5.41 Å². The predicted molar refractivity (Wildman–Crippen MR) is 267 cm³/mol. The van der Waals surface area contributed by atoms with Crippen molar-refractivity contribution < 1.29 is 0 Å². The van der Waals surface area contributed by atoms with Gasteiger partial charge in [-0.1, -0.05) is 151 Å². The molecule has 10 aromatic carbocycles. The minimum atomic E-state index is -0.535. The lowest BCUT2D eigenvalue weighted by molar-refractivity contribution is 0.707. The van der Waals surface area contributed by atoms with Crippen LogP contribution >= 0.6 is 23.1 Å². The first-order valence-corrected chi connectivity index (χ1v) is 23.2. The van der Waals surface area contributed by atoms with Gasteiger partial charge in [-0.25, -0.2) is 0 Å². The fourth-order valence-electron chi connectivity index (χ4n) is 11.1. The summed E-state index contributed by atoms with van der Waals surface area (Å²) in [6, 6.07) is 81.7. The molecule has 14 rings (SSSR count). The van der Waals surface area contributed by atoms with Crippen LogP contribution in [-0.4, -0.2) is 4.57 Å². The number of para-hydroxylation sites is 2. The minimum Gasteiger partial charge on any atom is -0.310 e. The van der Waals surface area contributed by atoms with Gasteiger partial charge in [0, 0.05) is 63.5 Å². The summed E-state index contributed by atoms with van der Waals surface area (Å²) in [6.07, 6.45) is 0. The van der Waals surface area contributed by atoms with Gasteiger partial charge in [0.05, 0.1) is 16.4 Å². The number of nitrogens with zero attached hydrogens (tertiary/aromatic N) is 2. The van der Waals surface area contributed by atoms with Gasteiger partial charge in [-0.15, -0.1) is 11.3 Å². The number of rotatable bonds is 4. The lowest BCUT2D eigenvalue weighted by atomic mass is 9.59. The Labute approximate surface area is 372 Å². The summed E-state index contributed by atoms with van der Waals surface area (Å²) in [6.45, 7) is 0. The lowest BCUT2D eigenvalue weighted by Crippen LogP contribution is -2.36. The predicted octanol–water partition coefficient (Wildman–Crippen LogP) is 16.6. The summed E-state index contributed by atoms with van der Waals surface area (Å²) >= 11 is 3.76.